The Morgan fingerprint density at radius 1 is 1.29 bits per heavy atom. The number of aromatic nitrogens is 3. The fourth-order valence-electron chi connectivity index (χ4n) is 1.09. The standard InChI is InChI=1S/C11H20N4OS/c1-5-6-7-17-11-14-9(12-4)13-10(15-11)16-8(2)3/h8H,5-7H2,1-4H3,(H,12,13,14,15). The molecule has 0 fully saturated rings. The van der Waals surface area contributed by atoms with E-state index in [1.807, 2.05) is 13.8 Å². The molecule has 0 atom stereocenters. The van der Waals surface area contributed by atoms with E-state index in [0.717, 1.165) is 12.2 Å². The Labute approximate surface area is 107 Å². The number of thioether (sulfide) groups is 1. The lowest BCUT2D eigenvalue weighted by atomic mass is 10.4. The molecule has 0 unspecified atom stereocenters. The maximum atomic E-state index is 5.49. The zero-order chi connectivity index (χ0) is 12.7. The SMILES string of the molecule is CCCCSc1nc(NC)nc(OC(C)C)n1. The van der Waals surface area contributed by atoms with Gasteiger partial charge in [-0.25, -0.2) is 0 Å². The summed E-state index contributed by atoms with van der Waals surface area (Å²) in [5, 5.41) is 3.63. The van der Waals surface area contributed by atoms with Crippen molar-refractivity contribution in [3.8, 4) is 6.01 Å². The van der Waals surface area contributed by atoms with Crippen LogP contribution in [0, 0.1) is 0 Å². The Morgan fingerprint density at radius 2 is 2.06 bits per heavy atom. The van der Waals surface area contributed by atoms with Crippen LogP contribution in [0.1, 0.15) is 33.6 Å². The molecule has 0 saturated carbocycles. The third kappa shape index (κ3) is 5.21. The van der Waals surface area contributed by atoms with Crippen molar-refractivity contribution in [3.63, 3.8) is 0 Å². The van der Waals surface area contributed by atoms with Crippen LogP contribution in [-0.4, -0.2) is 33.9 Å². The van der Waals surface area contributed by atoms with Gasteiger partial charge < -0.3 is 10.1 Å². The summed E-state index contributed by atoms with van der Waals surface area (Å²) in [5.41, 5.74) is 0. The number of hydrogen-bond donors (Lipinski definition) is 1. The number of nitrogens with zero attached hydrogens (tertiary/aromatic N) is 3. The van der Waals surface area contributed by atoms with Crippen molar-refractivity contribution in [2.24, 2.45) is 0 Å². The Balaban J connectivity index is 2.74. The summed E-state index contributed by atoms with van der Waals surface area (Å²) in [7, 11) is 1.79. The lowest BCUT2D eigenvalue weighted by Gasteiger charge is -2.09. The number of rotatable bonds is 7. The Kier molecular flexibility index (Phi) is 6.04. The zero-order valence-electron chi connectivity index (χ0n) is 10.9. The summed E-state index contributed by atoms with van der Waals surface area (Å²) >= 11 is 1.63. The van der Waals surface area contributed by atoms with Gasteiger partial charge in [-0.2, -0.15) is 15.0 Å². The van der Waals surface area contributed by atoms with Crippen molar-refractivity contribution in [2.45, 2.75) is 44.9 Å². The summed E-state index contributed by atoms with van der Waals surface area (Å²) in [5.74, 6) is 1.57. The molecule has 5 nitrogen and oxygen atoms in total. The summed E-state index contributed by atoms with van der Waals surface area (Å²) in [4.78, 5) is 12.7. The van der Waals surface area contributed by atoms with Crippen LogP contribution >= 0.6 is 11.8 Å². The van der Waals surface area contributed by atoms with Gasteiger partial charge in [-0.15, -0.1) is 0 Å². The van der Waals surface area contributed by atoms with Crippen LogP contribution in [0.2, 0.25) is 0 Å². The van der Waals surface area contributed by atoms with E-state index in [1.165, 1.54) is 6.42 Å². The molecule has 0 spiro atoms. The van der Waals surface area contributed by atoms with Crippen LogP contribution in [0.15, 0.2) is 5.16 Å². The quantitative estimate of drug-likeness (QED) is 0.597. The topological polar surface area (TPSA) is 59.9 Å². The number of unbranched alkanes of at least 4 members (excludes halogenated alkanes) is 1. The molecule has 96 valence electrons. The van der Waals surface area contributed by atoms with Crippen LogP contribution in [0.4, 0.5) is 5.95 Å². The highest BCUT2D eigenvalue weighted by Gasteiger charge is 2.08. The van der Waals surface area contributed by atoms with Gasteiger partial charge >= 0.3 is 6.01 Å². The van der Waals surface area contributed by atoms with Crippen molar-refractivity contribution in [3.05, 3.63) is 0 Å². The number of hydrogen-bond acceptors (Lipinski definition) is 6. The molecule has 0 aliphatic carbocycles. The van der Waals surface area contributed by atoms with Crippen LogP contribution in [0.3, 0.4) is 0 Å². The second kappa shape index (κ2) is 7.32. The van der Waals surface area contributed by atoms with Crippen LogP contribution in [0.25, 0.3) is 0 Å². The smallest absolute Gasteiger partial charge is 0.322 e. The van der Waals surface area contributed by atoms with Crippen LogP contribution < -0.4 is 10.1 Å². The molecular formula is C11H20N4OS. The average Bonchev–Trinajstić information content (AvgIpc) is 2.28. The first kappa shape index (κ1) is 14.0. The lowest BCUT2D eigenvalue weighted by Crippen LogP contribution is -2.11. The van der Waals surface area contributed by atoms with Gasteiger partial charge in [0, 0.05) is 12.8 Å². The maximum absolute atomic E-state index is 5.49. The maximum Gasteiger partial charge on any atom is 0.322 e. The van der Waals surface area contributed by atoms with Crippen LogP contribution in [0.5, 0.6) is 6.01 Å². The van der Waals surface area contributed by atoms with E-state index < -0.39 is 0 Å². The summed E-state index contributed by atoms with van der Waals surface area (Å²) in [6, 6.07) is 0.387. The first-order chi connectivity index (χ1) is 8.15. The summed E-state index contributed by atoms with van der Waals surface area (Å²) < 4.78 is 5.49. The third-order valence-corrected chi connectivity index (χ3v) is 2.82. The molecule has 6 heteroatoms. The first-order valence-electron chi connectivity index (χ1n) is 5.89. The molecule has 0 saturated heterocycles. The molecule has 1 heterocycles. The van der Waals surface area contributed by atoms with Gasteiger partial charge in [0.15, 0.2) is 5.16 Å². The van der Waals surface area contributed by atoms with Crippen LogP contribution in [-0.2, 0) is 0 Å². The molecule has 1 N–H and O–H groups in total. The minimum atomic E-state index is 0.0654. The Bertz CT molecular complexity index is 346. The fourth-order valence-corrected chi connectivity index (χ4v) is 1.99. The van der Waals surface area contributed by atoms with Crippen molar-refractivity contribution < 1.29 is 4.74 Å². The molecule has 0 aromatic carbocycles. The molecule has 1 aromatic rings. The first-order valence-corrected chi connectivity index (χ1v) is 6.87. The fraction of sp³-hybridized carbons (Fsp3) is 0.727. The highest BCUT2D eigenvalue weighted by Crippen LogP contribution is 2.19. The Morgan fingerprint density at radius 3 is 2.65 bits per heavy atom. The van der Waals surface area contributed by atoms with E-state index in [4.69, 9.17) is 4.74 Å². The predicted octanol–water partition coefficient (Wildman–Crippen LogP) is 2.59. The highest BCUT2D eigenvalue weighted by atomic mass is 32.2. The van der Waals surface area contributed by atoms with Gasteiger partial charge in [0.1, 0.15) is 0 Å². The second-order valence-corrected chi connectivity index (χ2v) is 4.90. The molecule has 1 rings (SSSR count). The average molecular weight is 256 g/mol. The minimum Gasteiger partial charge on any atom is -0.461 e. The van der Waals surface area contributed by atoms with E-state index in [2.05, 4.69) is 27.2 Å². The number of anilines is 1. The normalized spacial score (nSPS) is 10.6. The molecule has 0 aliphatic rings. The molecule has 17 heavy (non-hydrogen) atoms. The van der Waals surface area contributed by atoms with E-state index in [-0.39, 0.29) is 6.10 Å². The minimum absolute atomic E-state index is 0.0654. The monoisotopic (exact) mass is 256 g/mol. The van der Waals surface area contributed by atoms with Crippen molar-refractivity contribution in [1.29, 1.82) is 0 Å². The highest BCUT2D eigenvalue weighted by molar-refractivity contribution is 7.99. The van der Waals surface area contributed by atoms with Gasteiger partial charge in [-0.3, -0.25) is 0 Å². The van der Waals surface area contributed by atoms with Gasteiger partial charge in [0.2, 0.25) is 5.95 Å². The van der Waals surface area contributed by atoms with Crippen molar-refractivity contribution >= 4 is 17.7 Å². The van der Waals surface area contributed by atoms with Gasteiger partial charge in [-0.1, -0.05) is 25.1 Å². The molecule has 0 aliphatic heterocycles. The number of ether oxygens (including phenoxy) is 1. The lowest BCUT2D eigenvalue weighted by molar-refractivity contribution is 0.219. The molecular weight excluding hydrogens is 236 g/mol. The second-order valence-electron chi connectivity index (χ2n) is 3.84. The molecule has 0 bridgehead atoms. The van der Waals surface area contributed by atoms with E-state index >= 15 is 0 Å². The van der Waals surface area contributed by atoms with E-state index in [9.17, 15) is 0 Å². The number of nitrogens with one attached hydrogen (secondary N) is 1. The summed E-state index contributed by atoms with van der Waals surface area (Å²) in [6.45, 7) is 6.07. The van der Waals surface area contributed by atoms with Gasteiger partial charge in [-0.05, 0) is 20.3 Å². The third-order valence-electron chi connectivity index (χ3n) is 1.89. The van der Waals surface area contributed by atoms with Crippen molar-refractivity contribution in [1.82, 2.24) is 15.0 Å². The van der Waals surface area contributed by atoms with E-state index in [0.29, 0.717) is 17.1 Å². The van der Waals surface area contributed by atoms with Gasteiger partial charge in [0.25, 0.3) is 0 Å². The van der Waals surface area contributed by atoms with Gasteiger partial charge in [0.05, 0.1) is 6.10 Å². The molecule has 1 aromatic heterocycles. The van der Waals surface area contributed by atoms with E-state index in [1.54, 1.807) is 18.8 Å². The largest absolute Gasteiger partial charge is 0.461 e. The molecule has 0 radical (unpaired) electrons. The Hall–Kier alpha value is -1.04. The zero-order valence-corrected chi connectivity index (χ0v) is 11.7. The van der Waals surface area contributed by atoms with Crippen molar-refractivity contribution in [2.75, 3.05) is 18.1 Å². The summed E-state index contributed by atoms with van der Waals surface area (Å²) in [6.07, 6.45) is 2.40. The molecule has 0 amide bonds. The predicted molar refractivity (Wildman–Crippen MR) is 70.8 cm³/mol.